The molecule has 4 heteroatoms. The lowest BCUT2D eigenvalue weighted by Crippen LogP contribution is -2.33. The zero-order chi connectivity index (χ0) is 15.6. The first-order valence-corrected chi connectivity index (χ1v) is 7.51. The Morgan fingerprint density at radius 1 is 0.870 bits per heavy atom. The Morgan fingerprint density at radius 2 is 1.65 bits per heavy atom. The molecular weight excluding hydrogens is 284 g/mol. The lowest BCUT2D eigenvalue weighted by Gasteiger charge is -2.22. The first kappa shape index (κ1) is 13.5. The maximum atomic E-state index is 4.61. The molecule has 0 aliphatic carbocycles. The molecule has 23 heavy (non-hydrogen) atoms. The predicted molar refractivity (Wildman–Crippen MR) is 94.4 cm³/mol. The number of fused-ring (bicyclic) bond motifs is 1. The molecule has 1 aromatic heterocycles. The van der Waals surface area contributed by atoms with E-state index in [1.807, 2.05) is 60.4 Å². The molecule has 3 aromatic rings. The molecule has 0 amide bonds. The lowest BCUT2D eigenvalue weighted by atomic mass is 10.1. The van der Waals surface area contributed by atoms with E-state index in [2.05, 4.69) is 39.3 Å². The maximum absolute atomic E-state index is 4.61. The van der Waals surface area contributed by atoms with E-state index in [1.165, 1.54) is 0 Å². The Hall–Kier alpha value is -3.14. The van der Waals surface area contributed by atoms with E-state index in [4.69, 9.17) is 0 Å². The molecule has 0 fully saturated rings. The first-order valence-electron chi connectivity index (χ1n) is 7.51. The summed E-state index contributed by atoms with van der Waals surface area (Å²) >= 11 is 0. The van der Waals surface area contributed by atoms with Gasteiger partial charge in [0, 0.05) is 18.8 Å². The normalized spacial score (nSPS) is 13.4. The molecule has 2 aromatic carbocycles. The van der Waals surface area contributed by atoms with Crippen molar-refractivity contribution in [3.8, 4) is 11.3 Å². The van der Waals surface area contributed by atoms with E-state index in [9.17, 15) is 0 Å². The van der Waals surface area contributed by atoms with Crippen LogP contribution < -0.4 is 4.90 Å². The van der Waals surface area contributed by atoms with Crippen LogP contribution in [-0.4, -0.2) is 22.8 Å². The van der Waals surface area contributed by atoms with Crippen LogP contribution in [0, 0.1) is 0 Å². The van der Waals surface area contributed by atoms with Crippen LogP contribution in [0.3, 0.4) is 0 Å². The fourth-order valence-corrected chi connectivity index (χ4v) is 2.80. The third kappa shape index (κ3) is 2.34. The van der Waals surface area contributed by atoms with Gasteiger partial charge in [-0.25, -0.2) is 4.99 Å². The standard InChI is InChI=1S/C19H16N4/c1-22-17-10-6-5-9-16(17)11-13-20-19(22)23-18(12-14-21-23)15-7-3-2-4-8-15/h2-14H,1H3. The summed E-state index contributed by atoms with van der Waals surface area (Å²) in [6, 6.07) is 20.5. The average molecular weight is 300 g/mol. The second kappa shape index (κ2) is 5.57. The minimum atomic E-state index is 0.773. The Kier molecular flexibility index (Phi) is 3.27. The molecule has 0 bridgehead atoms. The topological polar surface area (TPSA) is 33.4 Å². The Labute approximate surface area is 135 Å². The second-order valence-corrected chi connectivity index (χ2v) is 5.36. The van der Waals surface area contributed by atoms with Crippen molar-refractivity contribution in [2.75, 3.05) is 11.9 Å². The maximum Gasteiger partial charge on any atom is 0.231 e. The van der Waals surface area contributed by atoms with E-state index >= 15 is 0 Å². The van der Waals surface area contributed by atoms with Crippen LogP contribution in [-0.2, 0) is 0 Å². The highest BCUT2D eigenvalue weighted by Crippen LogP contribution is 2.25. The van der Waals surface area contributed by atoms with E-state index in [1.54, 1.807) is 6.20 Å². The summed E-state index contributed by atoms with van der Waals surface area (Å²) in [7, 11) is 2.02. The van der Waals surface area contributed by atoms with Crippen molar-refractivity contribution in [3.05, 3.63) is 78.6 Å². The van der Waals surface area contributed by atoms with Crippen molar-refractivity contribution in [1.82, 2.24) is 9.78 Å². The quantitative estimate of drug-likeness (QED) is 0.683. The summed E-state index contributed by atoms with van der Waals surface area (Å²) in [5.41, 5.74) is 4.38. The molecule has 1 aliphatic heterocycles. The molecule has 0 unspecified atom stereocenters. The number of aliphatic imine (C=N–C) groups is 1. The summed E-state index contributed by atoms with van der Waals surface area (Å²) in [6.45, 7) is 0. The van der Waals surface area contributed by atoms with Gasteiger partial charge >= 0.3 is 0 Å². The lowest BCUT2D eigenvalue weighted by molar-refractivity contribution is 0.910. The van der Waals surface area contributed by atoms with Crippen LogP contribution in [0.15, 0.2) is 78.1 Å². The highest BCUT2D eigenvalue weighted by molar-refractivity contribution is 6.01. The summed E-state index contributed by atoms with van der Waals surface area (Å²) < 4.78 is 1.88. The van der Waals surface area contributed by atoms with E-state index < -0.39 is 0 Å². The van der Waals surface area contributed by atoms with Gasteiger partial charge in [-0.1, -0.05) is 48.5 Å². The average Bonchev–Trinajstić information content (AvgIpc) is 3.02. The molecule has 0 N–H and O–H groups in total. The molecule has 0 saturated carbocycles. The number of hydrogen-bond donors (Lipinski definition) is 0. The summed E-state index contributed by atoms with van der Waals surface area (Å²) in [4.78, 5) is 6.67. The number of nitrogens with zero attached hydrogens (tertiary/aromatic N) is 4. The van der Waals surface area contributed by atoms with Gasteiger partial charge in [0.15, 0.2) is 0 Å². The molecule has 4 nitrogen and oxygen atoms in total. The largest absolute Gasteiger partial charge is 0.313 e. The number of para-hydroxylation sites is 1. The first-order chi connectivity index (χ1) is 11.3. The van der Waals surface area contributed by atoms with Crippen LogP contribution in [0.2, 0.25) is 0 Å². The van der Waals surface area contributed by atoms with Gasteiger partial charge in [-0.05, 0) is 23.8 Å². The number of aromatic nitrogens is 2. The Bertz CT molecular complexity index is 890. The van der Waals surface area contributed by atoms with Gasteiger partial charge in [-0.15, -0.1) is 0 Å². The zero-order valence-corrected chi connectivity index (χ0v) is 12.8. The summed E-state index contributed by atoms with van der Waals surface area (Å²) in [6.07, 6.45) is 5.65. The van der Waals surface area contributed by atoms with E-state index in [0.717, 1.165) is 28.5 Å². The Balaban J connectivity index is 1.83. The van der Waals surface area contributed by atoms with Crippen LogP contribution in [0.25, 0.3) is 17.3 Å². The molecule has 1 aliphatic rings. The zero-order valence-electron chi connectivity index (χ0n) is 12.8. The van der Waals surface area contributed by atoms with Crippen molar-refractivity contribution in [2.24, 2.45) is 4.99 Å². The van der Waals surface area contributed by atoms with Crippen LogP contribution >= 0.6 is 0 Å². The molecule has 0 radical (unpaired) electrons. The van der Waals surface area contributed by atoms with Crippen molar-refractivity contribution in [3.63, 3.8) is 0 Å². The molecule has 4 rings (SSSR count). The number of anilines is 1. The fourth-order valence-electron chi connectivity index (χ4n) is 2.80. The molecule has 0 saturated heterocycles. The molecule has 2 heterocycles. The third-order valence-electron chi connectivity index (χ3n) is 3.94. The van der Waals surface area contributed by atoms with Crippen LogP contribution in [0.4, 0.5) is 5.69 Å². The molecule has 0 spiro atoms. The van der Waals surface area contributed by atoms with Gasteiger partial charge in [0.25, 0.3) is 0 Å². The van der Waals surface area contributed by atoms with E-state index in [0.29, 0.717) is 0 Å². The van der Waals surface area contributed by atoms with Crippen molar-refractivity contribution in [2.45, 2.75) is 0 Å². The van der Waals surface area contributed by atoms with Crippen LogP contribution in [0.1, 0.15) is 5.56 Å². The van der Waals surface area contributed by atoms with E-state index in [-0.39, 0.29) is 0 Å². The molecule has 112 valence electrons. The number of rotatable bonds is 1. The predicted octanol–water partition coefficient (Wildman–Crippen LogP) is 3.87. The fraction of sp³-hybridized carbons (Fsp3) is 0.0526. The highest BCUT2D eigenvalue weighted by atomic mass is 15.4. The van der Waals surface area contributed by atoms with Gasteiger partial charge < -0.3 is 4.90 Å². The molecule has 0 atom stereocenters. The second-order valence-electron chi connectivity index (χ2n) is 5.36. The SMILES string of the molecule is CN1C(n2nccc2-c2ccccc2)=NC=Cc2ccccc21. The van der Waals surface area contributed by atoms with Crippen molar-refractivity contribution in [1.29, 1.82) is 0 Å². The van der Waals surface area contributed by atoms with Gasteiger partial charge in [0.1, 0.15) is 0 Å². The van der Waals surface area contributed by atoms with Gasteiger partial charge in [-0.3, -0.25) is 0 Å². The summed E-state index contributed by atoms with van der Waals surface area (Å²) in [5, 5.41) is 4.49. The number of benzene rings is 2. The monoisotopic (exact) mass is 300 g/mol. The van der Waals surface area contributed by atoms with Crippen LogP contribution in [0.5, 0.6) is 0 Å². The Morgan fingerprint density at radius 3 is 2.52 bits per heavy atom. The van der Waals surface area contributed by atoms with Gasteiger partial charge in [0.05, 0.1) is 17.6 Å². The number of hydrogen-bond acceptors (Lipinski definition) is 3. The van der Waals surface area contributed by atoms with Crippen molar-refractivity contribution < 1.29 is 0 Å². The smallest absolute Gasteiger partial charge is 0.231 e. The minimum absolute atomic E-state index is 0.773. The third-order valence-corrected chi connectivity index (χ3v) is 3.94. The van der Waals surface area contributed by atoms with Crippen molar-refractivity contribution >= 4 is 17.7 Å². The summed E-state index contributed by atoms with van der Waals surface area (Å²) in [5.74, 6) is 0.773. The highest BCUT2D eigenvalue weighted by Gasteiger charge is 2.18. The molecular formula is C19H16N4. The van der Waals surface area contributed by atoms with Gasteiger partial charge in [0.2, 0.25) is 5.96 Å². The minimum Gasteiger partial charge on any atom is -0.313 e. The van der Waals surface area contributed by atoms with Gasteiger partial charge in [-0.2, -0.15) is 9.78 Å².